The number of hydrogen-bond donors (Lipinski definition) is 1. The van der Waals surface area contributed by atoms with E-state index >= 15 is 0 Å². The van der Waals surface area contributed by atoms with Gasteiger partial charge in [-0.25, -0.2) is 0 Å². The Morgan fingerprint density at radius 3 is 2.24 bits per heavy atom. The molecule has 3 atom stereocenters. The van der Waals surface area contributed by atoms with E-state index < -0.39 is 0 Å². The summed E-state index contributed by atoms with van der Waals surface area (Å²) in [5.41, 5.74) is 6.57. The molecular weight excluding hydrogens is 260 g/mol. The van der Waals surface area contributed by atoms with Gasteiger partial charge in [0.1, 0.15) is 0 Å². The monoisotopic (exact) mass is 292 g/mol. The van der Waals surface area contributed by atoms with Crippen LogP contribution in [0, 0.1) is 23.2 Å². The van der Waals surface area contributed by atoms with Crippen molar-refractivity contribution in [3.8, 4) is 0 Å². The molecule has 21 heavy (non-hydrogen) atoms. The lowest BCUT2D eigenvalue weighted by Gasteiger charge is -2.45. The molecule has 3 unspecified atom stereocenters. The third kappa shape index (κ3) is 2.86. The Kier molecular flexibility index (Phi) is 4.06. The van der Waals surface area contributed by atoms with E-state index in [1.807, 2.05) is 0 Å². The maximum Gasteiger partial charge on any atom is 0.225 e. The van der Waals surface area contributed by atoms with E-state index in [4.69, 9.17) is 5.73 Å². The lowest BCUT2D eigenvalue weighted by molar-refractivity contribution is -0.141. The molecule has 0 aromatic heterocycles. The van der Waals surface area contributed by atoms with Crippen LogP contribution in [0.4, 0.5) is 0 Å². The number of fused-ring (bicyclic) bond motifs is 2. The molecule has 1 saturated heterocycles. The Morgan fingerprint density at radius 2 is 1.67 bits per heavy atom. The molecule has 3 aliphatic rings. The number of carbonyl (C=O) groups excluding carboxylic acids is 1. The number of hydrogen-bond acceptors (Lipinski definition) is 2. The minimum atomic E-state index is 0.201. The predicted molar refractivity (Wildman–Crippen MR) is 85.7 cm³/mol. The maximum absolute atomic E-state index is 13.1. The summed E-state index contributed by atoms with van der Waals surface area (Å²) < 4.78 is 0. The minimum absolute atomic E-state index is 0.201. The number of amides is 1. The van der Waals surface area contributed by atoms with Crippen LogP contribution in [-0.2, 0) is 4.79 Å². The van der Waals surface area contributed by atoms with Crippen molar-refractivity contribution in [3.05, 3.63) is 0 Å². The van der Waals surface area contributed by atoms with Crippen molar-refractivity contribution < 1.29 is 4.79 Å². The summed E-state index contributed by atoms with van der Waals surface area (Å²) >= 11 is 0. The van der Waals surface area contributed by atoms with Gasteiger partial charge in [0.25, 0.3) is 0 Å². The highest BCUT2D eigenvalue weighted by molar-refractivity contribution is 5.79. The van der Waals surface area contributed by atoms with Gasteiger partial charge in [-0.15, -0.1) is 0 Å². The molecule has 0 spiro atoms. The zero-order chi connectivity index (χ0) is 15.2. The Morgan fingerprint density at radius 1 is 1.05 bits per heavy atom. The van der Waals surface area contributed by atoms with Gasteiger partial charge in [0.2, 0.25) is 5.91 Å². The lowest BCUT2D eigenvalue weighted by Crippen LogP contribution is -2.51. The van der Waals surface area contributed by atoms with Gasteiger partial charge in [0.05, 0.1) is 0 Å². The topological polar surface area (TPSA) is 46.3 Å². The fraction of sp³-hybridized carbons (Fsp3) is 0.944. The van der Waals surface area contributed by atoms with E-state index in [1.165, 1.54) is 32.1 Å². The summed E-state index contributed by atoms with van der Waals surface area (Å²) in [6.45, 7) is 7.79. The van der Waals surface area contributed by atoms with Crippen LogP contribution in [0.25, 0.3) is 0 Å². The fourth-order valence-electron chi connectivity index (χ4n) is 5.16. The third-order valence-electron chi connectivity index (χ3n) is 6.30. The van der Waals surface area contributed by atoms with Crippen LogP contribution >= 0.6 is 0 Å². The molecule has 2 saturated carbocycles. The molecule has 0 aromatic carbocycles. The standard InChI is InChI=1S/C18H32N2O/c1-18(2,3)15-8-5-9-20(15)17(21)14-10-12-6-4-7-13(11-14)16(12)19/h12-16H,4-11,19H2,1-3H3. The molecule has 3 nitrogen and oxygen atoms in total. The van der Waals surface area contributed by atoms with Crippen molar-refractivity contribution in [1.29, 1.82) is 0 Å². The van der Waals surface area contributed by atoms with Gasteiger partial charge in [-0.05, 0) is 55.8 Å². The summed E-state index contributed by atoms with van der Waals surface area (Å²) in [5.74, 6) is 1.89. The summed E-state index contributed by atoms with van der Waals surface area (Å²) in [5, 5.41) is 0. The van der Waals surface area contributed by atoms with Gasteiger partial charge in [0, 0.05) is 24.5 Å². The minimum Gasteiger partial charge on any atom is -0.339 e. The predicted octanol–water partition coefficient (Wildman–Crippen LogP) is 3.18. The van der Waals surface area contributed by atoms with E-state index in [-0.39, 0.29) is 11.3 Å². The van der Waals surface area contributed by atoms with E-state index in [0.717, 1.165) is 19.4 Å². The zero-order valence-corrected chi connectivity index (χ0v) is 14.0. The van der Waals surface area contributed by atoms with Crippen molar-refractivity contribution in [3.63, 3.8) is 0 Å². The van der Waals surface area contributed by atoms with Crippen LogP contribution in [0.3, 0.4) is 0 Å². The molecule has 3 fully saturated rings. The van der Waals surface area contributed by atoms with Crippen LogP contribution < -0.4 is 5.73 Å². The van der Waals surface area contributed by atoms with E-state index in [2.05, 4.69) is 25.7 Å². The second kappa shape index (κ2) is 5.57. The first-order valence-corrected chi connectivity index (χ1v) is 8.94. The third-order valence-corrected chi connectivity index (χ3v) is 6.30. The Labute approximate surface area is 129 Å². The van der Waals surface area contributed by atoms with Crippen LogP contribution in [-0.4, -0.2) is 29.4 Å². The van der Waals surface area contributed by atoms with Gasteiger partial charge >= 0.3 is 0 Å². The second-order valence-electron chi connectivity index (χ2n) is 8.75. The van der Waals surface area contributed by atoms with Crippen molar-refractivity contribution in [2.45, 2.75) is 77.8 Å². The largest absolute Gasteiger partial charge is 0.339 e. The SMILES string of the molecule is CC(C)(C)C1CCCN1C(=O)C1CC2CCCC(C1)C2N. The van der Waals surface area contributed by atoms with E-state index in [9.17, 15) is 4.79 Å². The van der Waals surface area contributed by atoms with Crippen molar-refractivity contribution >= 4 is 5.91 Å². The number of nitrogens with two attached hydrogens (primary N) is 1. The highest BCUT2D eigenvalue weighted by Crippen LogP contribution is 2.43. The van der Waals surface area contributed by atoms with Gasteiger partial charge in [-0.1, -0.05) is 27.2 Å². The van der Waals surface area contributed by atoms with Crippen molar-refractivity contribution in [1.82, 2.24) is 4.90 Å². The number of likely N-dealkylation sites (tertiary alicyclic amines) is 1. The van der Waals surface area contributed by atoms with Gasteiger partial charge in [0.15, 0.2) is 0 Å². The van der Waals surface area contributed by atoms with Crippen LogP contribution in [0.5, 0.6) is 0 Å². The van der Waals surface area contributed by atoms with Crippen molar-refractivity contribution in [2.75, 3.05) is 6.54 Å². The zero-order valence-electron chi connectivity index (χ0n) is 14.0. The first kappa shape index (κ1) is 15.3. The van der Waals surface area contributed by atoms with E-state index in [1.54, 1.807) is 0 Å². The first-order valence-electron chi connectivity index (χ1n) is 8.94. The fourth-order valence-corrected chi connectivity index (χ4v) is 5.16. The summed E-state index contributed by atoms with van der Waals surface area (Å²) in [7, 11) is 0. The highest BCUT2D eigenvalue weighted by Gasteiger charge is 2.44. The molecule has 3 heteroatoms. The smallest absolute Gasteiger partial charge is 0.225 e. The molecule has 1 heterocycles. The average Bonchev–Trinajstić information content (AvgIpc) is 2.86. The van der Waals surface area contributed by atoms with Gasteiger partial charge < -0.3 is 10.6 Å². The normalized spacial score (nSPS) is 40.4. The molecule has 2 N–H and O–H groups in total. The lowest BCUT2D eigenvalue weighted by atomic mass is 9.64. The molecule has 0 aromatic rings. The summed E-state index contributed by atoms with van der Waals surface area (Å²) in [6.07, 6.45) is 8.24. The van der Waals surface area contributed by atoms with Gasteiger partial charge in [-0.2, -0.15) is 0 Å². The molecule has 1 amide bonds. The number of carbonyl (C=O) groups is 1. The number of nitrogens with zero attached hydrogens (tertiary/aromatic N) is 1. The summed E-state index contributed by atoms with van der Waals surface area (Å²) in [6, 6.07) is 0.792. The average molecular weight is 292 g/mol. The van der Waals surface area contributed by atoms with Crippen molar-refractivity contribution in [2.24, 2.45) is 28.9 Å². The van der Waals surface area contributed by atoms with Gasteiger partial charge in [-0.3, -0.25) is 4.79 Å². The molecule has 0 radical (unpaired) electrons. The van der Waals surface area contributed by atoms with Crippen LogP contribution in [0.1, 0.15) is 65.7 Å². The molecule has 120 valence electrons. The Hall–Kier alpha value is -0.570. The highest BCUT2D eigenvalue weighted by atomic mass is 16.2. The maximum atomic E-state index is 13.1. The first-order chi connectivity index (χ1) is 9.88. The van der Waals surface area contributed by atoms with Crippen LogP contribution in [0.15, 0.2) is 0 Å². The quantitative estimate of drug-likeness (QED) is 0.807. The summed E-state index contributed by atoms with van der Waals surface area (Å²) in [4.78, 5) is 15.3. The van der Waals surface area contributed by atoms with E-state index in [0.29, 0.717) is 29.8 Å². The second-order valence-corrected chi connectivity index (χ2v) is 8.75. The Balaban J connectivity index is 1.71. The molecule has 2 bridgehead atoms. The molecular formula is C18H32N2O. The number of rotatable bonds is 1. The molecule has 2 aliphatic carbocycles. The molecule has 1 aliphatic heterocycles. The van der Waals surface area contributed by atoms with Crippen LogP contribution in [0.2, 0.25) is 0 Å². The molecule has 3 rings (SSSR count). The Bertz CT molecular complexity index is 387.